The first kappa shape index (κ1) is 31.7. The zero-order valence-electron chi connectivity index (χ0n) is 26.4. The standard InChI is InChI=1S/C37H34N8O3/c1-48-30-16-11-26(12-17-30)24-45-34(18-13-25-7-3-2-4-8-25)43-44-36(45)33(19-28-22-40-32-10-6-5-9-31(28)32)42-35(46)23-41-37(47)27-14-15-29(20-38)39-21-27/h2-12,14-17,21-22,33,40H,13,18-19,23-24H2,1H3,(H,41,47)(H,42,46)/t33-/m1/s1. The number of nitrogens with one attached hydrogen (secondary N) is 3. The second kappa shape index (κ2) is 14.9. The number of amides is 2. The summed E-state index contributed by atoms with van der Waals surface area (Å²) in [5, 5.41) is 25.1. The maximum Gasteiger partial charge on any atom is 0.253 e. The van der Waals surface area contributed by atoms with Crippen molar-refractivity contribution in [1.29, 1.82) is 5.26 Å². The molecule has 0 saturated heterocycles. The highest BCUT2D eigenvalue weighted by Gasteiger charge is 2.25. The van der Waals surface area contributed by atoms with Crippen molar-refractivity contribution in [3.8, 4) is 11.8 Å². The minimum atomic E-state index is -0.568. The number of ether oxygens (including phenoxy) is 1. The molecule has 0 aliphatic heterocycles. The third kappa shape index (κ3) is 7.57. The van der Waals surface area contributed by atoms with E-state index in [0.717, 1.165) is 40.0 Å². The predicted molar refractivity (Wildman–Crippen MR) is 180 cm³/mol. The molecule has 3 N–H and O–H groups in total. The molecule has 1 atom stereocenters. The third-order valence-electron chi connectivity index (χ3n) is 8.13. The number of hydrogen-bond donors (Lipinski definition) is 3. The molecule has 0 aliphatic rings. The quantitative estimate of drug-likeness (QED) is 0.166. The van der Waals surface area contributed by atoms with Crippen molar-refractivity contribution in [3.63, 3.8) is 0 Å². The SMILES string of the molecule is COc1ccc(Cn2c(CCc3ccccc3)nnc2[C@@H](Cc2c[nH]c3ccccc23)NC(=O)CNC(=O)c2ccc(C#N)nc2)cc1. The molecule has 6 rings (SSSR count). The zero-order chi connectivity index (χ0) is 33.3. The van der Waals surface area contributed by atoms with Crippen LogP contribution in [-0.2, 0) is 30.6 Å². The Morgan fingerprint density at radius 3 is 2.48 bits per heavy atom. The summed E-state index contributed by atoms with van der Waals surface area (Å²) >= 11 is 0. The molecular formula is C37H34N8O3. The van der Waals surface area contributed by atoms with Crippen LogP contribution in [0.15, 0.2) is 103 Å². The van der Waals surface area contributed by atoms with Crippen LogP contribution >= 0.6 is 0 Å². The van der Waals surface area contributed by atoms with E-state index in [1.54, 1.807) is 7.11 Å². The number of hydrogen-bond acceptors (Lipinski definition) is 7. The molecule has 11 nitrogen and oxygen atoms in total. The van der Waals surface area contributed by atoms with Crippen molar-refractivity contribution >= 4 is 22.7 Å². The number of aromatic amines is 1. The fourth-order valence-electron chi connectivity index (χ4n) is 5.61. The molecule has 0 bridgehead atoms. The summed E-state index contributed by atoms with van der Waals surface area (Å²) in [4.78, 5) is 33.5. The Morgan fingerprint density at radius 1 is 0.938 bits per heavy atom. The molecule has 3 aromatic heterocycles. The molecule has 0 unspecified atom stereocenters. The van der Waals surface area contributed by atoms with Crippen LogP contribution in [0.1, 0.15) is 50.4 Å². The number of pyridine rings is 1. The number of nitrogens with zero attached hydrogens (tertiary/aromatic N) is 5. The number of aryl methyl sites for hydroxylation is 2. The Kier molecular flexibility index (Phi) is 9.82. The molecule has 0 aliphatic carbocycles. The first-order valence-electron chi connectivity index (χ1n) is 15.6. The molecule has 0 spiro atoms. The van der Waals surface area contributed by atoms with Gasteiger partial charge in [0.1, 0.15) is 23.3 Å². The monoisotopic (exact) mass is 638 g/mol. The van der Waals surface area contributed by atoms with E-state index in [9.17, 15) is 9.59 Å². The van der Waals surface area contributed by atoms with Gasteiger partial charge >= 0.3 is 0 Å². The van der Waals surface area contributed by atoms with E-state index < -0.39 is 11.9 Å². The number of fused-ring (bicyclic) bond motifs is 1. The highest BCUT2D eigenvalue weighted by atomic mass is 16.5. The number of benzene rings is 3. The maximum atomic E-state index is 13.4. The maximum absolute atomic E-state index is 13.4. The lowest BCUT2D eigenvalue weighted by Crippen LogP contribution is -2.40. The van der Waals surface area contributed by atoms with Gasteiger partial charge in [-0.3, -0.25) is 9.59 Å². The van der Waals surface area contributed by atoms with Crippen molar-refractivity contribution in [1.82, 2.24) is 35.4 Å². The van der Waals surface area contributed by atoms with Crippen LogP contribution in [0.5, 0.6) is 5.75 Å². The molecule has 3 aromatic carbocycles. The summed E-state index contributed by atoms with van der Waals surface area (Å²) in [6.45, 7) is 0.218. The number of aromatic nitrogens is 5. The lowest BCUT2D eigenvalue weighted by Gasteiger charge is -2.20. The van der Waals surface area contributed by atoms with Crippen LogP contribution in [0.2, 0.25) is 0 Å². The summed E-state index contributed by atoms with van der Waals surface area (Å²) in [5.74, 6) is 1.30. The Hall–Kier alpha value is -6.28. The van der Waals surface area contributed by atoms with E-state index in [4.69, 9.17) is 10.00 Å². The summed E-state index contributed by atoms with van der Waals surface area (Å²) in [5.41, 5.74) is 4.66. The van der Waals surface area contributed by atoms with Crippen LogP contribution in [0.25, 0.3) is 10.9 Å². The summed E-state index contributed by atoms with van der Waals surface area (Å²) in [6.07, 6.45) is 5.11. The lowest BCUT2D eigenvalue weighted by molar-refractivity contribution is -0.120. The van der Waals surface area contributed by atoms with Gasteiger partial charge in [0.15, 0.2) is 5.82 Å². The van der Waals surface area contributed by atoms with Crippen molar-refractivity contribution in [2.24, 2.45) is 0 Å². The predicted octanol–water partition coefficient (Wildman–Crippen LogP) is 4.70. The van der Waals surface area contributed by atoms with Crippen LogP contribution in [-0.4, -0.2) is 50.2 Å². The molecule has 240 valence electrons. The van der Waals surface area contributed by atoms with E-state index in [-0.39, 0.29) is 23.7 Å². The lowest BCUT2D eigenvalue weighted by atomic mass is 10.0. The van der Waals surface area contributed by atoms with Gasteiger partial charge in [0.2, 0.25) is 5.91 Å². The van der Waals surface area contributed by atoms with Crippen LogP contribution in [0, 0.1) is 11.3 Å². The van der Waals surface area contributed by atoms with E-state index in [2.05, 4.69) is 47.5 Å². The molecule has 6 aromatic rings. The highest BCUT2D eigenvalue weighted by molar-refractivity contribution is 5.96. The minimum Gasteiger partial charge on any atom is -0.497 e. The van der Waals surface area contributed by atoms with Crippen LogP contribution in [0.4, 0.5) is 0 Å². The smallest absolute Gasteiger partial charge is 0.253 e. The van der Waals surface area contributed by atoms with E-state index in [0.29, 0.717) is 25.2 Å². The Morgan fingerprint density at radius 2 is 1.73 bits per heavy atom. The Bertz CT molecular complexity index is 2050. The number of nitriles is 1. The molecule has 11 heteroatoms. The first-order valence-corrected chi connectivity index (χ1v) is 15.6. The summed E-state index contributed by atoms with van der Waals surface area (Å²) in [7, 11) is 1.64. The number of carbonyl (C=O) groups is 2. The van der Waals surface area contributed by atoms with Crippen LogP contribution in [0.3, 0.4) is 0 Å². The van der Waals surface area contributed by atoms with Crippen molar-refractivity contribution < 1.29 is 14.3 Å². The van der Waals surface area contributed by atoms with Crippen LogP contribution < -0.4 is 15.4 Å². The molecule has 0 saturated carbocycles. The van der Waals surface area contributed by atoms with E-state index >= 15 is 0 Å². The van der Waals surface area contributed by atoms with Gasteiger partial charge in [0.05, 0.1) is 31.8 Å². The van der Waals surface area contributed by atoms with Gasteiger partial charge in [-0.25, -0.2) is 4.98 Å². The van der Waals surface area contributed by atoms with E-state index in [1.165, 1.54) is 23.9 Å². The van der Waals surface area contributed by atoms with Gasteiger partial charge in [-0.05, 0) is 53.4 Å². The highest BCUT2D eigenvalue weighted by Crippen LogP contribution is 2.26. The minimum absolute atomic E-state index is 0.200. The second-order valence-electron chi connectivity index (χ2n) is 11.3. The van der Waals surface area contributed by atoms with Gasteiger partial charge < -0.3 is 24.9 Å². The van der Waals surface area contributed by atoms with Gasteiger partial charge in [-0.1, -0.05) is 60.7 Å². The number of para-hydroxylation sites is 1. The Labute approximate surface area is 277 Å². The summed E-state index contributed by atoms with van der Waals surface area (Å²) < 4.78 is 7.44. The van der Waals surface area contributed by atoms with Crippen molar-refractivity contribution in [3.05, 3.63) is 143 Å². The molecule has 0 radical (unpaired) electrons. The average Bonchev–Trinajstić information content (AvgIpc) is 3.73. The first-order chi connectivity index (χ1) is 23.5. The topological polar surface area (TPSA) is 151 Å². The number of methoxy groups -OCH3 is 1. The van der Waals surface area contributed by atoms with Crippen molar-refractivity contribution in [2.45, 2.75) is 31.8 Å². The fraction of sp³-hybridized carbons (Fsp3) is 0.189. The molecular weight excluding hydrogens is 604 g/mol. The second-order valence-corrected chi connectivity index (χ2v) is 11.3. The number of rotatable bonds is 13. The molecule has 3 heterocycles. The number of H-pyrrole nitrogens is 1. The third-order valence-corrected chi connectivity index (χ3v) is 8.13. The zero-order valence-corrected chi connectivity index (χ0v) is 26.4. The summed E-state index contributed by atoms with van der Waals surface area (Å²) in [6, 6.07) is 30.4. The average molecular weight is 639 g/mol. The molecule has 2 amide bonds. The fourth-order valence-corrected chi connectivity index (χ4v) is 5.61. The number of carbonyl (C=O) groups excluding carboxylic acids is 2. The largest absolute Gasteiger partial charge is 0.497 e. The van der Waals surface area contributed by atoms with Gasteiger partial charge in [0, 0.05) is 36.1 Å². The van der Waals surface area contributed by atoms with Gasteiger partial charge in [-0.15, -0.1) is 10.2 Å². The Balaban J connectivity index is 1.29. The van der Waals surface area contributed by atoms with Gasteiger partial charge in [0.25, 0.3) is 5.91 Å². The molecule has 48 heavy (non-hydrogen) atoms. The van der Waals surface area contributed by atoms with Gasteiger partial charge in [-0.2, -0.15) is 5.26 Å². The van der Waals surface area contributed by atoms with Crippen molar-refractivity contribution in [2.75, 3.05) is 13.7 Å². The molecule has 0 fully saturated rings. The normalized spacial score (nSPS) is 11.5. The van der Waals surface area contributed by atoms with E-state index in [1.807, 2.05) is 79.0 Å².